The van der Waals surface area contributed by atoms with Gasteiger partial charge in [-0.1, -0.05) is 0 Å². The average molecular weight is 399 g/mol. The number of aryl methyl sites for hydroxylation is 1. The Hall–Kier alpha value is -3.50. The van der Waals surface area contributed by atoms with E-state index in [2.05, 4.69) is 15.0 Å². The molecule has 1 fully saturated rings. The summed E-state index contributed by atoms with van der Waals surface area (Å²) < 4.78 is 9.61. The first-order valence-electron chi connectivity index (χ1n) is 9.27. The third-order valence-electron chi connectivity index (χ3n) is 5.14. The van der Waals surface area contributed by atoms with Gasteiger partial charge in [0.05, 0.1) is 12.5 Å². The first-order chi connectivity index (χ1) is 14.0. The van der Waals surface area contributed by atoms with E-state index >= 15 is 0 Å². The molecule has 11 heteroatoms. The first-order valence-corrected chi connectivity index (χ1v) is 9.27. The van der Waals surface area contributed by atoms with Gasteiger partial charge in [0.2, 0.25) is 11.8 Å². The lowest BCUT2D eigenvalue weighted by molar-refractivity contribution is -0.133. The monoisotopic (exact) mass is 399 g/mol. The number of imidazole rings is 1. The first kappa shape index (κ1) is 18.8. The Morgan fingerprint density at radius 2 is 1.90 bits per heavy atom. The second-order valence-corrected chi connectivity index (χ2v) is 6.99. The zero-order chi connectivity index (χ0) is 20.5. The molecule has 0 spiro atoms. The lowest BCUT2D eigenvalue weighted by Crippen LogP contribution is -2.43. The van der Waals surface area contributed by atoms with E-state index in [0.29, 0.717) is 31.8 Å². The van der Waals surface area contributed by atoms with Crippen molar-refractivity contribution >= 4 is 17.1 Å². The summed E-state index contributed by atoms with van der Waals surface area (Å²) >= 11 is 0. The number of carbonyl (C=O) groups is 1. The van der Waals surface area contributed by atoms with Crippen LogP contribution >= 0.6 is 0 Å². The summed E-state index contributed by atoms with van der Waals surface area (Å²) in [4.78, 5) is 51.2. The summed E-state index contributed by atoms with van der Waals surface area (Å²) in [6, 6.07) is 0. The summed E-state index contributed by atoms with van der Waals surface area (Å²) in [5, 5.41) is 0. The Labute approximate surface area is 165 Å². The van der Waals surface area contributed by atoms with Gasteiger partial charge in [-0.25, -0.2) is 14.8 Å². The number of fused-ring (bicyclic) bond motifs is 1. The van der Waals surface area contributed by atoms with Crippen LogP contribution < -0.4 is 16.0 Å². The van der Waals surface area contributed by atoms with Crippen LogP contribution in [0.25, 0.3) is 11.2 Å². The molecule has 3 aromatic heterocycles. The Bertz CT molecular complexity index is 1160. The van der Waals surface area contributed by atoms with E-state index < -0.39 is 11.2 Å². The zero-order valence-corrected chi connectivity index (χ0v) is 16.2. The van der Waals surface area contributed by atoms with Crippen molar-refractivity contribution in [2.75, 3.05) is 13.1 Å². The van der Waals surface area contributed by atoms with Gasteiger partial charge in [-0.3, -0.25) is 23.7 Å². The van der Waals surface area contributed by atoms with Gasteiger partial charge in [-0.2, -0.15) is 0 Å². The molecule has 0 unspecified atom stereocenters. The normalized spacial score (nSPS) is 15.0. The van der Waals surface area contributed by atoms with E-state index in [1.807, 2.05) is 0 Å². The molecule has 1 saturated heterocycles. The highest BCUT2D eigenvalue weighted by atomic mass is 16.5. The highest BCUT2D eigenvalue weighted by Crippen LogP contribution is 2.17. The number of rotatable bonds is 4. The van der Waals surface area contributed by atoms with Crippen molar-refractivity contribution in [3.8, 4) is 5.88 Å². The molecule has 4 rings (SSSR count). The van der Waals surface area contributed by atoms with Gasteiger partial charge in [-0.15, -0.1) is 0 Å². The summed E-state index contributed by atoms with van der Waals surface area (Å²) in [7, 11) is 2.95. The molecule has 1 amide bonds. The number of ether oxygens (including phenoxy) is 1. The fraction of sp³-hybridized carbons (Fsp3) is 0.444. The van der Waals surface area contributed by atoms with Crippen LogP contribution in [0.15, 0.2) is 34.5 Å². The Morgan fingerprint density at radius 1 is 1.14 bits per heavy atom. The molecule has 1 aliphatic heterocycles. The molecule has 0 aliphatic carbocycles. The van der Waals surface area contributed by atoms with Gasteiger partial charge < -0.3 is 14.2 Å². The van der Waals surface area contributed by atoms with E-state index in [4.69, 9.17) is 4.74 Å². The second-order valence-electron chi connectivity index (χ2n) is 6.99. The zero-order valence-electron chi connectivity index (χ0n) is 16.2. The number of carbonyl (C=O) groups excluding carboxylic acids is 1. The van der Waals surface area contributed by atoms with Gasteiger partial charge in [0.15, 0.2) is 11.2 Å². The smallest absolute Gasteiger partial charge is 0.332 e. The molecular formula is C18H21N7O4. The van der Waals surface area contributed by atoms with Gasteiger partial charge in [0, 0.05) is 52.4 Å². The minimum absolute atomic E-state index is 0.0143. The molecule has 0 radical (unpaired) electrons. The van der Waals surface area contributed by atoms with Crippen LogP contribution in [0.4, 0.5) is 0 Å². The summed E-state index contributed by atoms with van der Waals surface area (Å²) in [6.45, 7) is 1.08. The van der Waals surface area contributed by atoms with E-state index in [0.717, 1.165) is 4.57 Å². The third kappa shape index (κ3) is 3.50. The lowest BCUT2D eigenvalue weighted by atomic mass is 10.1. The molecular weight excluding hydrogens is 378 g/mol. The van der Waals surface area contributed by atoms with Gasteiger partial charge >= 0.3 is 5.69 Å². The van der Waals surface area contributed by atoms with Crippen molar-refractivity contribution in [1.82, 2.24) is 33.6 Å². The maximum absolute atomic E-state index is 12.8. The number of amides is 1. The topological polar surface area (TPSA) is 117 Å². The van der Waals surface area contributed by atoms with Crippen molar-refractivity contribution in [2.24, 2.45) is 14.1 Å². The Balaban J connectivity index is 1.44. The predicted octanol–water partition coefficient (Wildman–Crippen LogP) is -0.706. The second kappa shape index (κ2) is 7.49. The summed E-state index contributed by atoms with van der Waals surface area (Å²) in [5.41, 5.74) is -0.417. The van der Waals surface area contributed by atoms with Crippen LogP contribution in [0, 0.1) is 0 Å². The standard InChI is InChI=1S/C18H21N7O4/c1-22-16-15(17(27)23(2)18(22)28)25(11-21-16)10-14(26)24-7-3-12(4-8-24)29-13-9-19-5-6-20-13/h5-6,9,11-12H,3-4,7-8,10H2,1-2H3. The van der Waals surface area contributed by atoms with Gasteiger partial charge in [0.25, 0.3) is 5.56 Å². The minimum Gasteiger partial charge on any atom is -0.473 e. The van der Waals surface area contributed by atoms with Crippen molar-refractivity contribution in [3.63, 3.8) is 0 Å². The SMILES string of the molecule is Cn1c(=O)c2c(ncn2CC(=O)N2CCC(Oc3cnccn3)CC2)n(C)c1=O. The molecule has 0 atom stereocenters. The van der Waals surface area contributed by atoms with Crippen LogP contribution in [0.5, 0.6) is 5.88 Å². The number of hydrogen-bond donors (Lipinski definition) is 0. The number of aromatic nitrogens is 6. The number of hydrogen-bond acceptors (Lipinski definition) is 7. The van der Waals surface area contributed by atoms with E-state index in [1.54, 1.807) is 30.5 Å². The van der Waals surface area contributed by atoms with E-state index in [1.165, 1.54) is 22.5 Å². The van der Waals surface area contributed by atoms with Crippen LogP contribution in [0.1, 0.15) is 12.8 Å². The Morgan fingerprint density at radius 3 is 2.59 bits per heavy atom. The molecule has 0 bridgehead atoms. The highest BCUT2D eigenvalue weighted by molar-refractivity contribution is 5.79. The highest BCUT2D eigenvalue weighted by Gasteiger charge is 2.25. The molecule has 0 saturated carbocycles. The van der Waals surface area contributed by atoms with Crippen molar-refractivity contribution < 1.29 is 9.53 Å². The molecule has 11 nitrogen and oxygen atoms in total. The van der Waals surface area contributed by atoms with Crippen molar-refractivity contribution in [3.05, 3.63) is 45.8 Å². The number of nitrogens with zero attached hydrogens (tertiary/aromatic N) is 7. The maximum atomic E-state index is 12.8. The molecule has 4 heterocycles. The van der Waals surface area contributed by atoms with Gasteiger partial charge in [0.1, 0.15) is 12.6 Å². The predicted molar refractivity (Wildman–Crippen MR) is 102 cm³/mol. The number of likely N-dealkylation sites (tertiary alicyclic amines) is 1. The van der Waals surface area contributed by atoms with Crippen molar-refractivity contribution in [1.29, 1.82) is 0 Å². The molecule has 3 aromatic rings. The molecule has 0 aromatic carbocycles. The average Bonchev–Trinajstić information content (AvgIpc) is 3.15. The van der Waals surface area contributed by atoms with Crippen molar-refractivity contribution in [2.45, 2.75) is 25.5 Å². The fourth-order valence-electron chi connectivity index (χ4n) is 3.50. The van der Waals surface area contributed by atoms with Crippen LogP contribution in [-0.2, 0) is 25.4 Å². The molecule has 1 aliphatic rings. The quantitative estimate of drug-likeness (QED) is 0.569. The maximum Gasteiger partial charge on any atom is 0.332 e. The molecule has 29 heavy (non-hydrogen) atoms. The fourth-order valence-corrected chi connectivity index (χ4v) is 3.50. The minimum atomic E-state index is -0.468. The third-order valence-corrected chi connectivity index (χ3v) is 5.14. The lowest BCUT2D eigenvalue weighted by Gasteiger charge is -2.32. The van der Waals surface area contributed by atoms with Crippen LogP contribution in [0.3, 0.4) is 0 Å². The van der Waals surface area contributed by atoms with E-state index in [-0.39, 0.29) is 29.7 Å². The summed E-state index contributed by atoms with van der Waals surface area (Å²) in [5.74, 6) is 0.363. The van der Waals surface area contributed by atoms with Crippen LogP contribution in [0.2, 0.25) is 0 Å². The Kier molecular flexibility index (Phi) is 4.87. The summed E-state index contributed by atoms with van der Waals surface area (Å²) in [6.07, 6.45) is 7.49. The van der Waals surface area contributed by atoms with Gasteiger partial charge in [-0.05, 0) is 0 Å². The largest absolute Gasteiger partial charge is 0.473 e. The van der Waals surface area contributed by atoms with E-state index in [9.17, 15) is 14.4 Å². The molecule has 0 N–H and O–H groups in total. The van der Waals surface area contributed by atoms with Crippen LogP contribution in [-0.4, -0.2) is 58.7 Å². The number of piperidine rings is 1. The molecule has 152 valence electrons.